The van der Waals surface area contributed by atoms with Gasteiger partial charge < -0.3 is 0 Å². The summed E-state index contributed by atoms with van der Waals surface area (Å²) < 4.78 is 0. The van der Waals surface area contributed by atoms with Crippen molar-refractivity contribution in [2.75, 3.05) is 7.05 Å². The minimum Gasteiger partial charge on any atom is -0.282 e. The molecule has 43 valence electrons. The van der Waals surface area contributed by atoms with Gasteiger partial charge in [-0.25, -0.2) is 0 Å². The van der Waals surface area contributed by atoms with Gasteiger partial charge in [-0.3, -0.25) is 4.99 Å². The lowest BCUT2D eigenvalue weighted by Gasteiger charge is -1.83. The molecule has 0 bridgehead atoms. The average molecular weight is 131 g/mol. The molecule has 8 heavy (non-hydrogen) atoms. The molecule has 0 unspecified atom stereocenters. The molecule has 0 N–H and O–H groups in total. The first-order valence-electron chi connectivity index (χ1n) is 2.06. The maximum atomic E-state index is 9.41. The van der Waals surface area contributed by atoms with Crippen molar-refractivity contribution in [3.63, 3.8) is 0 Å². The molecule has 1 radical (unpaired) electrons. The van der Waals surface area contributed by atoms with Gasteiger partial charge in [0, 0.05) is 13.4 Å². The highest BCUT2D eigenvalue weighted by molar-refractivity contribution is 6.70. The van der Waals surface area contributed by atoms with E-state index in [0.29, 0.717) is 11.5 Å². The second kappa shape index (κ2) is 4.78. The zero-order chi connectivity index (χ0) is 6.41. The summed E-state index contributed by atoms with van der Waals surface area (Å²) in [6.07, 6.45) is 0.335. The van der Waals surface area contributed by atoms with Crippen LogP contribution in [0.1, 0.15) is 0 Å². The van der Waals surface area contributed by atoms with Crippen molar-refractivity contribution >= 4 is 24.2 Å². The minimum atomic E-state index is 0.335. The number of halogens is 1. The molecule has 5 heteroatoms. The Morgan fingerprint density at radius 1 is 1.88 bits per heavy atom. The molecule has 0 saturated heterocycles. The first-order chi connectivity index (χ1) is 3.81. The van der Waals surface area contributed by atoms with Crippen LogP contribution in [0.25, 0.3) is 0 Å². The quantitative estimate of drug-likeness (QED) is 0.321. The zero-order valence-corrected chi connectivity index (χ0v) is 5.22. The fourth-order valence-corrected chi connectivity index (χ4v) is 0.273. The maximum absolute atomic E-state index is 9.41. The van der Waals surface area contributed by atoms with Crippen molar-refractivity contribution in [2.24, 2.45) is 10.1 Å². The summed E-state index contributed by atoms with van der Waals surface area (Å²) in [6.45, 7) is 0. The van der Waals surface area contributed by atoms with E-state index in [1.54, 1.807) is 7.05 Å². The SMILES string of the molecule is CN=C(Cl)C[B]N=O. The average Bonchev–Trinajstić information content (AvgIpc) is 1.83. The van der Waals surface area contributed by atoms with Crippen LogP contribution >= 0.6 is 11.6 Å². The van der Waals surface area contributed by atoms with Crippen LogP contribution in [0, 0.1) is 4.91 Å². The number of rotatable bonds is 3. The summed E-state index contributed by atoms with van der Waals surface area (Å²) in [7, 11) is 2.72. The summed E-state index contributed by atoms with van der Waals surface area (Å²) in [6, 6.07) is 0. The Morgan fingerprint density at radius 3 is 2.88 bits per heavy atom. The van der Waals surface area contributed by atoms with Gasteiger partial charge in [0.05, 0.1) is 5.17 Å². The van der Waals surface area contributed by atoms with E-state index in [0.717, 1.165) is 7.41 Å². The van der Waals surface area contributed by atoms with Crippen LogP contribution in [-0.4, -0.2) is 19.6 Å². The number of hydrogen-bond donors (Lipinski definition) is 0. The molecule has 0 rings (SSSR count). The Hall–Kier alpha value is -0.375. The van der Waals surface area contributed by atoms with Gasteiger partial charge in [0.15, 0.2) is 0 Å². The molecular weight excluding hydrogens is 126 g/mol. The maximum Gasteiger partial charge on any atom is 0.344 e. The molecule has 0 spiro atoms. The Labute approximate surface area is 53.4 Å². The molecule has 0 aliphatic rings. The molecule has 0 aromatic carbocycles. The Bertz CT molecular complexity index is 105. The van der Waals surface area contributed by atoms with Crippen molar-refractivity contribution in [1.29, 1.82) is 0 Å². The highest BCUT2D eigenvalue weighted by atomic mass is 35.5. The van der Waals surface area contributed by atoms with E-state index in [1.165, 1.54) is 0 Å². The fraction of sp³-hybridized carbons (Fsp3) is 0.667. The fourth-order valence-electron chi connectivity index (χ4n) is 0.204. The predicted octanol–water partition coefficient (Wildman–Crippen LogP) is 1.06. The Morgan fingerprint density at radius 2 is 2.50 bits per heavy atom. The summed E-state index contributed by atoms with van der Waals surface area (Å²) in [5.41, 5.74) is 0. The first-order valence-corrected chi connectivity index (χ1v) is 2.44. The molecule has 0 amide bonds. The largest absolute Gasteiger partial charge is 0.344 e. The molecular formula is C3H5BClN2O. The van der Waals surface area contributed by atoms with Gasteiger partial charge in [0.2, 0.25) is 0 Å². The van der Waals surface area contributed by atoms with Crippen molar-refractivity contribution in [3.8, 4) is 0 Å². The highest BCUT2D eigenvalue weighted by Gasteiger charge is 1.93. The molecule has 0 saturated carbocycles. The second-order valence-corrected chi connectivity index (χ2v) is 1.53. The first kappa shape index (κ1) is 7.62. The van der Waals surface area contributed by atoms with Crippen LogP contribution in [0.3, 0.4) is 0 Å². The third-order valence-corrected chi connectivity index (χ3v) is 0.900. The van der Waals surface area contributed by atoms with E-state index in [9.17, 15) is 4.91 Å². The molecule has 0 heterocycles. The predicted molar refractivity (Wildman–Crippen MR) is 35.6 cm³/mol. The lowest BCUT2D eigenvalue weighted by Crippen LogP contribution is -1.91. The van der Waals surface area contributed by atoms with E-state index in [1.807, 2.05) is 0 Å². The normalized spacial score (nSPS) is 11.0. The van der Waals surface area contributed by atoms with Crippen molar-refractivity contribution in [2.45, 2.75) is 6.32 Å². The van der Waals surface area contributed by atoms with Crippen LogP contribution in [0.15, 0.2) is 10.1 Å². The van der Waals surface area contributed by atoms with E-state index >= 15 is 0 Å². The van der Waals surface area contributed by atoms with Gasteiger partial charge >= 0.3 is 7.41 Å². The lowest BCUT2D eigenvalue weighted by molar-refractivity contribution is 1.44. The summed E-state index contributed by atoms with van der Waals surface area (Å²) >= 11 is 5.36. The molecule has 0 aromatic rings. The Balaban J connectivity index is 3.24. The van der Waals surface area contributed by atoms with Crippen LogP contribution < -0.4 is 0 Å². The monoisotopic (exact) mass is 131 g/mol. The number of aliphatic imine (C=N–C) groups is 1. The number of nitrogens with zero attached hydrogens (tertiary/aromatic N) is 2. The summed E-state index contributed by atoms with van der Waals surface area (Å²) in [5.74, 6) is 0. The van der Waals surface area contributed by atoms with Crippen LogP contribution in [0.2, 0.25) is 6.32 Å². The molecule has 0 aromatic heterocycles. The van der Waals surface area contributed by atoms with Crippen molar-refractivity contribution in [3.05, 3.63) is 4.91 Å². The second-order valence-electron chi connectivity index (χ2n) is 1.09. The molecule has 0 aliphatic carbocycles. The minimum absolute atomic E-state index is 0.335. The number of hydrogen-bond acceptors (Lipinski definition) is 3. The van der Waals surface area contributed by atoms with E-state index in [-0.39, 0.29) is 0 Å². The van der Waals surface area contributed by atoms with E-state index in [2.05, 4.69) is 10.1 Å². The lowest BCUT2D eigenvalue weighted by atomic mass is 9.92. The third kappa shape index (κ3) is 3.80. The molecule has 0 aliphatic heterocycles. The van der Waals surface area contributed by atoms with Crippen molar-refractivity contribution in [1.82, 2.24) is 0 Å². The number of nitroso groups, excluding NO2 is 1. The third-order valence-electron chi connectivity index (χ3n) is 0.577. The van der Waals surface area contributed by atoms with Gasteiger partial charge in [-0.1, -0.05) is 11.6 Å². The van der Waals surface area contributed by atoms with Crippen LogP contribution in [0.5, 0.6) is 0 Å². The van der Waals surface area contributed by atoms with Gasteiger partial charge in [0.1, 0.15) is 0 Å². The Kier molecular flexibility index (Phi) is 4.55. The van der Waals surface area contributed by atoms with Crippen LogP contribution in [0.4, 0.5) is 0 Å². The van der Waals surface area contributed by atoms with Crippen LogP contribution in [-0.2, 0) is 0 Å². The molecule has 0 fully saturated rings. The van der Waals surface area contributed by atoms with Crippen molar-refractivity contribution < 1.29 is 0 Å². The molecule has 0 atom stereocenters. The smallest absolute Gasteiger partial charge is 0.282 e. The van der Waals surface area contributed by atoms with Gasteiger partial charge in [-0.2, -0.15) is 4.91 Å². The highest BCUT2D eigenvalue weighted by Crippen LogP contribution is 1.90. The van der Waals surface area contributed by atoms with Gasteiger partial charge in [-0.15, -0.1) is 5.09 Å². The van der Waals surface area contributed by atoms with E-state index < -0.39 is 0 Å². The topological polar surface area (TPSA) is 41.8 Å². The van der Waals surface area contributed by atoms with Gasteiger partial charge in [-0.05, 0) is 0 Å². The summed E-state index contributed by atoms with van der Waals surface area (Å²) in [5, 5.41) is 2.88. The standard InChI is InChI=1S/C3H5BClN2O/c1-6-3(5)2-4-7-8/h2H2,1H3. The zero-order valence-electron chi connectivity index (χ0n) is 4.47. The molecule has 3 nitrogen and oxygen atoms in total. The van der Waals surface area contributed by atoms with Gasteiger partial charge in [0.25, 0.3) is 0 Å². The van der Waals surface area contributed by atoms with E-state index in [4.69, 9.17) is 11.6 Å². The summed E-state index contributed by atoms with van der Waals surface area (Å²) in [4.78, 5) is 13.0.